The van der Waals surface area contributed by atoms with Gasteiger partial charge in [0.25, 0.3) is 0 Å². The van der Waals surface area contributed by atoms with Crippen LogP contribution in [0.5, 0.6) is 0 Å². The van der Waals surface area contributed by atoms with Crippen molar-refractivity contribution in [3.05, 3.63) is 24.3 Å². The maximum atomic E-state index is 13.6. The number of methoxy groups -OCH3 is 2. The molecule has 0 spiro atoms. The predicted molar refractivity (Wildman–Crippen MR) is 174 cm³/mol. The van der Waals surface area contributed by atoms with E-state index in [9.17, 15) is 20.1 Å². The highest BCUT2D eigenvalue weighted by atomic mass is 16.7. The number of cyclic esters (lactones) is 1. The molecule has 3 rings (SSSR count). The normalized spacial score (nSPS) is 39.1. The smallest absolute Gasteiger partial charge is 0.309 e. The first-order valence-corrected chi connectivity index (χ1v) is 16.7. The number of ether oxygens (including phenoxy) is 6. The molecule has 0 radical (unpaired) electrons. The fraction of sp³-hybridized carbons (Fsp3) is 0.806. The van der Waals surface area contributed by atoms with Gasteiger partial charge >= 0.3 is 5.97 Å². The van der Waals surface area contributed by atoms with Gasteiger partial charge in [0, 0.05) is 37.9 Å². The molecule has 0 amide bonds. The van der Waals surface area contributed by atoms with E-state index in [1.54, 1.807) is 0 Å². The molecule has 10 heteroatoms. The molecule has 0 aromatic rings. The van der Waals surface area contributed by atoms with Crippen LogP contribution in [0.15, 0.2) is 24.3 Å². The third-order valence-corrected chi connectivity index (χ3v) is 10.0. The highest BCUT2D eigenvalue weighted by Gasteiger charge is 2.51. The fourth-order valence-corrected chi connectivity index (χ4v) is 6.72. The maximum Gasteiger partial charge on any atom is 0.309 e. The van der Waals surface area contributed by atoms with Crippen LogP contribution in [0.25, 0.3) is 0 Å². The number of terminal acetylenes is 1. The molecule has 0 aliphatic carbocycles. The number of fused-ring (bicyclic) bond motifs is 2. The van der Waals surface area contributed by atoms with Gasteiger partial charge in [-0.2, -0.15) is 0 Å². The zero-order valence-electron chi connectivity index (χ0n) is 28.8. The number of rotatable bonds is 9. The van der Waals surface area contributed by atoms with E-state index < -0.39 is 78.0 Å². The summed E-state index contributed by atoms with van der Waals surface area (Å²) in [6.07, 6.45) is 10.1. The van der Waals surface area contributed by atoms with Crippen molar-refractivity contribution in [3.8, 4) is 12.3 Å². The standard InChI is InChI=1S/C36H58O10/c1-9-10-11-12-13-14-15-16-28-35(3,4)27(38)18-23(2)17-24(37)19-25-20-29(36(5,6)30(44-25)21-31(39)45-28)46-34-32(40)33(42-8)26(41-7)22-43-34/h1,13-16,23-30,32-34,37-38,40H,10-12,17-22H2,2-8H3/b14-13+,16-15+/t23-,24+,25+,26+,27+,28+,29-,30-,32+,33-,34-/m0/s1. The van der Waals surface area contributed by atoms with Gasteiger partial charge in [-0.3, -0.25) is 4.79 Å². The number of hydrogen-bond acceptors (Lipinski definition) is 10. The largest absolute Gasteiger partial charge is 0.457 e. The summed E-state index contributed by atoms with van der Waals surface area (Å²) in [7, 11) is 3.05. The van der Waals surface area contributed by atoms with Crippen LogP contribution < -0.4 is 0 Å². The Kier molecular flexibility index (Phi) is 14.7. The van der Waals surface area contributed by atoms with Crippen LogP contribution in [0, 0.1) is 29.1 Å². The fourth-order valence-electron chi connectivity index (χ4n) is 6.72. The summed E-state index contributed by atoms with van der Waals surface area (Å²) >= 11 is 0. The number of aliphatic hydroxyl groups is 3. The van der Waals surface area contributed by atoms with Crippen molar-refractivity contribution in [1.82, 2.24) is 0 Å². The van der Waals surface area contributed by atoms with E-state index in [2.05, 4.69) is 5.92 Å². The van der Waals surface area contributed by atoms with Gasteiger partial charge in [-0.25, -0.2) is 0 Å². The molecule has 11 atom stereocenters. The molecule has 3 fully saturated rings. The average Bonchev–Trinajstić information content (AvgIpc) is 2.98. The van der Waals surface area contributed by atoms with Crippen LogP contribution in [-0.2, 0) is 33.2 Å². The molecule has 0 saturated carbocycles. The molecule has 10 nitrogen and oxygen atoms in total. The van der Waals surface area contributed by atoms with E-state index in [0.29, 0.717) is 32.1 Å². The third-order valence-electron chi connectivity index (χ3n) is 10.0. The van der Waals surface area contributed by atoms with Crippen molar-refractivity contribution in [1.29, 1.82) is 0 Å². The Morgan fingerprint density at radius 1 is 1.02 bits per heavy atom. The van der Waals surface area contributed by atoms with Crippen molar-refractivity contribution >= 4 is 5.97 Å². The average molecular weight is 651 g/mol. The van der Waals surface area contributed by atoms with Crippen LogP contribution in [-0.4, -0.2) is 103 Å². The van der Waals surface area contributed by atoms with E-state index >= 15 is 0 Å². The van der Waals surface area contributed by atoms with Crippen LogP contribution in [0.3, 0.4) is 0 Å². The molecule has 2 bridgehead atoms. The van der Waals surface area contributed by atoms with E-state index in [-0.39, 0.29) is 18.9 Å². The number of aliphatic hydroxyl groups excluding tert-OH is 3. The first-order chi connectivity index (χ1) is 21.7. The molecule has 3 aliphatic rings. The predicted octanol–water partition coefficient (Wildman–Crippen LogP) is 4.09. The Morgan fingerprint density at radius 3 is 2.43 bits per heavy atom. The van der Waals surface area contributed by atoms with Gasteiger partial charge in [-0.15, -0.1) is 12.3 Å². The highest BCUT2D eigenvalue weighted by Crippen LogP contribution is 2.43. The molecule has 3 aliphatic heterocycles. The van der Waals surface area contributed by atoms with Gasteiger partial charge in [-0.05, 0) is 44.1 Å². The van der Waals surface area contributed by atoms with Crippen LogP contribution in [0.4, 0.5) is 0 Å². The molecule has 3 heterocycles. The van der Waals surface area contributed by atoms with Gasteiger partial charge in [0.2, 0.25) is 0 Å². The summed E-state index contributed by atoms with van der Waals surface area (Å²) in [4.78, 5) is 13.6. The van der Waals surface area contributed by atoms with Gasteiger partial charge in [0.15, 0.2) is 6.29 Å². The Bertz CT molecular complexity index is 1050. The van der Waals surface area contributed by atoms with Gasteiger partial charge in [0.05, 0.1) is 43.5 Å². The molecular formula is C36H58O10. The Morgan fingerprint density at radius 2 is 1.76 bits per heavy atom. The molecule has 46 heavy (non-hydrogen) atoms. The molecule has 0 aromatic heterocycles. The lowest BCUT2D eigenvalue weighted by Crippen LogP contribution is -2.59. The minimum atomic E-state index is -1.10. The summed E-state index contributed by atoms with van der Waals surface area (Å²) in [6.45, 7) is 9.90. The quantitative estimate of drug-likeness (QED) is 0.145. The van der Waals surface area contributed by atoms with Crippen molar-refractivity contribution in [2.24, 2.45) is 16.7 Å². The van der Waals surface area contributed by atoms with Crippen LogP contribution >= 0.6 is 0 Å². The molecule has 3 N–H and O–H groups in total. The van der Waals surface area contributed by atoms with Crippen molar-refractivity contribution in [2.45, 2.75) is 147 Å². The minimum Gasteiger partial charge on any atom is -0.457 e. The van der Waals surface area contributed by atoms with Gasteiger partial charge in [0.1, 0.15) is 24.4 Å². The third kappa shape index (κ3) is 10.1. The summed E-state index contributed by atoms with van der Waals surface area (Å²) < 4.78 is 35.9. The van der Waals surface area contributed by atoms with E-state index in [1.807, 2.05) is 58.9 Å². The zero-order chi connectivity index (χ0) is 34.1. The molecular weight excluding hydrogens is 592 g/mol. The molecule has 0 unspecified atom stereocenters. The SMILES string of the molecule is C#CCCC/C=C/C=C/[C@H]1OC(=O)C[C@@H]2O[C@H](C[C@H](O)C[C@H](C)C[C@@H](O)C1(C)C)C[C@H](O[C@@H]1OC[C@@H](OC)[C@H](OC)[C@H]1O)C2(C)C. The number of carbonyl (C=O) groups is 1. The second-order valence-corrected chi connectivity index (χ2v) is 14.4. The van der Waals surface area contributed by atoms with E-state index in [0.717, 1.165) is 12.8 Å². The highest BCUT2D eigenvalue weighted by molar-refractivity contribution is 5.70. The first kappa shape index (κ1) is 38.6. The topological polar surface area (TPSA) is 133 Å². The van der Waals surface area contributed by atoms with Crippen LogP contribution in [0.1, 0.15) is 86.0 Å². The Hall–Kier alpha value is -1.81. The monoisotopic (exact) mass is 650 g/mol. The van der Waals surface area contributed by atoms with E-state index in [1.165, 1.54) is 14.2 Å². The first-order valence-electron chi connectivity index (χ1n) is 16.7. The summed E-state index contributed by atoms with van der Waals surface area (Å²) in [6, 6.07) is 0. The molecule has 3 saturated heterocycles. The zero-order valence-corrected chi connectivity index (χ0v) is 28.8. The van der Waals surface area contributed by atoms with Crippen LogP contribution in [0.2, 0.25) is 0 Å². The lowest BCUT2D eigenvalue weighted by atomic mass is 9.73. The summed E-state index contributed by atoms with van der Waals surface area (Å²) in [5.41, 5.74) is -1.51. The van der Waals surface area contributed by atoms with Crippen molar-refractivity contribution in [3.63, 3.8) is 0 Å². The molecule has 0 aromatic carbocycles. The number of allylic oxidation sites excluding steroid dienone is 3. The van der Waals surface area contributed by atoms with Crippen molar-refractivity contribution in [2.75, 3.05) is 20.8 Å². The number of hydrogen-bond donors (Lipinski definition) is 3. The Labute approximate surface area is 275 Å². The second kappa shape index (κ2) is 17.5. The number of esters is 1. The Balaban J connectivity index is 1.86. The van der Waals surface area contributed by atoms with Gasteiger partial charge < -0.3 is 43.7 Å². The van der Waals surface area contributed by atoms with Gasteiger partial charge in [-0.1, -0.05) is 52.8 Å². The number of unbranched alkanes of at least 4 members (excludes halogenated alkanes) is 2. The van der Waals surface area contributed by atoms with E-state index in [4.69, 9.17) is 34.8 Å². The van der Waals surface area contributed by atoms with Crippen molar-refractivity contribution < 1.29 is 48.5 Å². The number of carbonyl (C=O) groups excluding carboxylic acids is 1. The lowest BCUT2D eigenvalue weighted by molar-refractivity contribution is -0.314. The minimum absolute atomic E-state index is 0.00281. The molecule has 262 valence electrons. The summed E-state index contributed by atoms with van der Waals surface area (Å²) in [5, 5.41) is 33.5. The maximum absolute atomic E-state index is 13.6. The summed E-state index contributed by atoms with van der Waals surface area (Å²) in [5.74, 6) is 2.17. The lowest BCUT2D eigenvalue weighted by Gasteiger charge is -2.50. The second-order valence-electron chi connectivity index (χ2n) is 14.4.